The van der Waals surface area contributed by atoms with Gasteiger partial charge in [0.2, 0.25) is 0 Å². The highest BCUT2D eigenvalue weighted by molar-refractivity contribution is 6.08. The zero-order valence-corrected chi connectivity index (χ0v) is 14.5. The van der Waals surface area contributed by atoms with Crippen LogP contribution in [0.25, 0.3) is 0 Å². The molecule has 6 nitrogen and oxygen atoms in total. The van der Waals surface area contributed by atoms with Gasteiger partial charge in [-0.3, -0.25) is 9.59 Å². The summed E-state index contributed by atoms with van der Waals surface area (Å²) >= 11 is 0. The molecular weight excluding hydrogens is 363 g/mol. The monoisotopic (exact) mass is 378 g/mol. The lowest BCUT2D eigenvalue weighted by Crippen LogP contribution is -2.16. The van der Waals surface area contributed by atoms with Gasteiger partial charge in [0, 0.05) is 11.3 Å². The van der Waals surface area contributed by atoms with E-state index in [0.29, 0.717) is 5.69 Å². The highest BCUT2D eigenvalue weighted by Gasteiger charge is 2.14. The zero-order valence-electron chi connectivity index (χ0n) is 14.5. The number of aromatic carboxylic acids is 1. The standard InChI is InChI=1S/C21H15FN2O4/c22-17-7-3-1-5-15(17)20(26)23-14-11-9-13(10-12-14)19(25)24-18-8-4-2-6-16(18)21(27)28/h1-12H,(H,23,26)(H,24,25)(H,27,28). The number of carbonyl (C=O) groups is 3. The van der Waals surface area contributed by atoms with Gasteiger partial charge in [0.25, 0.3) is 11.8 Å². The third kappa shape index (κ3) is 4.21. The molecular formula is C21H15FN2O4. The van der Waals surface area contributed by atoms with E-state index < -0.39 is 23.6 Å². The average molecular weight is 378 g/mol. The van der Waals surface area contributed by atoms with Crippen molar-refractivity contribution in [2.45, 2.75) is 0 Å². The van der Waals surface area contributed by atoms with Crippen molar-refractivity contribution < 1.29 is 23.9 Å². The van der Waals surface area contributed by atoms with Crippen LogP contribution in [0, 0.1) is 5.82 Å². The molecule has 3 N–H and O–H groups in total. The Balaban J connectivity index is 1.71. The van der Waals surface area contributed by atoms with Gasteiger partial charge in [0.15, 0.2) is 0 Å². The molecule has 2 amide bonds. The highest BCUT2D eigenvalue weighted by Crippen LogP contribution is 2.18. The lowest BCUT2D eigenvalue weighted by molar-refractivity contribution is 0.0697. The molecule has 140 valence electrons. The molecule has 0 unspecified atom stereocenters. The van der Waals surface area contributed by atoms with E-state index >= 15 is 0 Å². The first-order valence-electron chi connectivity index (χ1n) is 8.25. The highest BCUT2D eigenvalue weighted by atomic mass is 19.1. The number of carboxylic acids is 1. The fourth-order valence-electron chi connectivity index (χ4n) is 2.52. The molecule has 0 bridgehead atoms. The van der Waals surface area contributed by atoms with Crippen LogP contribution in [-0.4, -0.2) is 22.9 Å². The first-order chi connectivity index (χ1) is 13.5. The van der Waals surface area contributed by atoms with Crippen molar-refractivity contribution in [3.63, 3.8) is 0 Å². The molecule has 7 heteroatoms. The molecule has 0 aliphatic rings. The Morgan fingerprint density at radius 2 is 1.32 bits per heavy atom. The van der Waals surface area contributed by atoms with Crippen LogP contribution in [0.2, 0.25) is 0 Å². The molecule has 28 heavy (non-hydrogen) atoms. The Kier molecular flexibility index (Phi) is 5.45. The minimum Gasteiger partial charge on any atom is -0.478 e. The van der Waals surface area contributed by atoms with Gasteiger partial charge in [-0.25, -0.2) is 9.18 Å². The number of para-hydroxylation sites is 1. The maximum Gasteiger partial charge on any atom is 0.337 e. The van der Waals surface area contributed by atoms with Crippen LogP contribution in [-0.2, 0) is 0 Å². The summed E-state index contributed by atoms with van der Waals surface area (Å²) in [6.07, 6.45) is 0. The predicted molar refractivity (Wildman–Crippen MR) is 102 cm³/mol. The van der Waals surface area contributed by atoms with Crippen LogP contribution in [0.4, 0.5) is 15.8 Å². The van der Waals surface area contributed by atoms with E-state index in [9.17, 15) is 18.8 Å². The van der Waals surface area contributed by atoms with E-state index in [2.05, 4.69) is 10.6 Å². The number of amides is 2. The third-order valence-corrected chi connectivity index (χ3v) is 3.93. The molecule has 0 radical (unpaired) electrons. The van der Waals surface area contributed by atoms with Crippen molar-refractivity contribution in [2.75, 3.05) is 10.6 Å². The number of anilines is 2. The fraction of sp³-hybridized carbons (Fsp3) is 0. The Morgan fingerprint density at radius 1 is 0.714 bits per heavy atom. The Morgan fingerprint density at radius 3 is 1.96 bits per heavy atom. The van der Waals surface area contributed by atoms with Crippen molar-refractivity contribution in [1.82, 2.24) is 0 Å². The maximum absolute atomic E-state index is 13.7. The number of nitrogens with one attached hydrogen (secondary N) is 2. The number of carbonyl (C=O) groups excluding carboxylic acids is 2. The van der Waals surface area contributed by atoms with Gasteiger partial charge < -0.3 is 15.7 Å². The van der Waals surface area contributed by atoms with E-state index in [4.69, 9.17) is 5.11 Å². The molecule has 0 saturated heterocycles. The smallest absolute Gasteiger partial charge is 0.337 e. The van der Waals surface area contributed by atoms with E-state index in [1.807, 2.05) is 0 Å². The number of halogens is 1. The summed E-state index contributed by atoms with van der Waals surface area (Å²) in [6.45, 7) is 0. The number of hydrogen-bond acceptors (Lipinski definition) is 3. The minimum atomic E-state index is -1.15. The maximum atomic E-state index is 13.7. The van der Waals surface area contributed by atoms with Crippen molar-refractivity contribution >= 4 is 29.2 Å². The van der Waals surface area contributed by atoms with E-state index in [1.165, 1.54) is 54.6 Å². The van der Waals surface area contributed by atoms with Gasteiger partial charge in [-0.05, 0) is 48.5 Å². The van der Waals surface area contributed by atoms with Gasteiger partial charge >= 0.3 is 5.97 Å². The van der Waals surface area contributed by atoms with Crippen molar-refractivity contribution in [1.29, 1.82) is 0 Å². The average Bonchev–Trinajstić information content (AvgIpc) is 2.69. The molecule has 0 fully saturated rings. The summed E-state index contributed by atoms with van der Waals surface area (Å²) in [7, 11) is 0. The normalized spacial score (nSPS) is 10.2. The molecule has 0 aliphatic heterocycles. The summed E-state index contributed by atoms with van der Waals surface area (Å²) in [4.78, 5) is 35.7. The van der Waals surface area contributed by atoms with E-state index in [0.717, 1.165) is 0 Å². The lowest BCUT2D eigenvalue weighted by Gasteiger charge is -2.09. The van der Waals surface area contributed by atoms with Crippen molar-refractivity contribution in [3.05, 3.63) is 95.3 Å². The van der Waals surface area contributed by atoms with Crippen molar-refractivity contribution in [2.24, 2.45) is 0 Å². The Labute approximate surface area is 159 Å². The van der Waals surface area contributed by atoms with Gasteiger partial charge in [-0.2, -0.15) is 0 Å². The van der Waals surface area contributed by atoms with Crippen LogP contribution in [0.15, 0.2) is 72.8 Å². The lowest BCUT2D eigenvalue weighted by atomic mass is 10.1. The topological polar surface area (TPSA) is 95.5 Å². The predicted octanol–water partition coefficient (Wildman–Crippen LogP) is 4.03. The molecule has 0 saturated carbocycles. The summed E-state index contributed by atoms with van der Waals surface area (Å²) in [5, 5.41) is 14.3. The molecule has 0 spiro atoms. The largest absolute Gasteiger partial charge is 0.478 e. The summed E-state index contributed by atoms with van der Waals surface area (Å²) < 4.78 is 13.7. The minimum absolute atomic E-state index is 0.0235. The Bertz CT molecular complexity index is 1050. The molecule has 3 aromatic rings. The zero-order chi connectivity index (χ0) is 20.1. The van der Waals surface area contributed by atoms with Crippen LogP contribution < -0.4 is 10.6 Å². The van der Waals surface area contributed by atoms with Gasteiger partial charge in [0.1, 0.15) is 5.82 Å². The first-order valence-corrected chi connectivity index (χ1v) is 8.25. The summed E-state index contributed by atoms with van der Waals surface area (Å²) in [5.41, 5.74) is 0.718. The first kappa shape index (κ1) is 18.8. The van der Waals surface area contributed by atoms with Crippen LogP contribution >= 0.6 is 0 Å². The molecule has 3 aromatic carbocycles. The molecule has 0 atom stereocenters. The number of carboxylic acid groups (broad SMARTS) is 1. The van der Waals surface area contributed by atoms with E-state index in [1.54, 1.807) is 18.2 Å². The summed E-state index contributed by atoms with van der Waals surface area (Å²) in [6, 6.07) is 17.6. The van der Waals surface area contributed by atoms with Crippen LogP contribution in [0.1, 0.15) is 31.1 Å². The number of benzene rings is 3. The molecule has 0 aromatic heterocycles. The number of hydrogen-bond donors (Lipinski definition) is 3. The fourth-order valence-corrected chi connectivity index (χ4v) is 2.52. The second-order valence-electron chi connectivity index (χ2n) is 5.82. The Hall–Kier alpha value is -4.00. The van der Waals surface area contributed by atoms with Crippen molar-refractivity contribution in [3.8, 4) is 0 Å². The molecule has 0 heterocycles. The van der Waals surface area contributed by atoms with Crippen LogP contribution in [0.5, 0.6) is 0 Å². The van der Waals surface area contributed by atoms with Gasteiger partial charge in [-0.15, -0.1) is 0 Å². The molecule has 3 rings (SSSR count). The SMILES string of the molecule is O=C(Nc1ccccc1C(=O)O)c1ccc(NC(=O)c2ccccc2F)cc1. The van der Waals surface area contributed by atoms with Gasteiger partial charge in [0.05, 0.1) is 16.8 Å². The van der Waals surface area contributed by atoms with Crippen LogP contribution in [0.3, 0.4) is 0 Å². The van der Waals surface area contributed by atoms with E-state index in [-0.39, 0.29) is 22.4 Å². The van der Waals surface area contributed by atoms with Gasteiger partial charge in [-0.1, -0.05) is 24.3 Å². The quantitative estimate of drug-likeness (QED) is 0.625. The summed E-state index contributed by atoms with van der Waals surface area (Å²) in [5.74, 6) is -2.89. The second-order valence-corrected chi connectivity index (χ2v) is 5.82. The second kappa shape index (κ2) is 8.13. The number of rotatable bonds is 5. The molecule has 0 aliphatic carbocycles. The third-order valence-electron chi connectivity index (χ3n) is 3.93.